The molecule has 2 heterocycles. The molecule has 0 radical (unpaired) electrons. The van der Waals surface area contributed by atoms with Crippen molar-refractivity contribution in [1.82, 2.24) is 14.8 Å². The monoisotopic (exact) mass is 436 g/mol. The van der Waals surface area contributed by atoms with Crippen molar-refractivity contribution in [3.8, 4) is 16.9 Å². The third-order valence-electron chi connectivity index (χ3n) is 4.43. The molecular formula is C22H17ClN4O2S. The van der Waals surface area contributed by atoms with Crippen LogP contribution < -0.4 is 10.7 Å². The van der Waals surface area contributed by atoms with Crippen molar-refractivity contribution >= 4 is 34.5 Å². The summed E-state index contributed by atoms with van der Waals surface area (Å²) in [5.74, 6) is -0.575. The van der Waals surface area contributed by atoms with Gasteiger partial charge in [-0.15, -0.1) is 11.3 Å². The first-order valence-electron chi connectivity index (χ1n) is 9.11. The predicted molar refractivity (Wildman–Crippen MR) is 120 cm³/mol. The van der Waals surface area contributed by atoms with E-state index in [2.05, 4.69) is 15.4 Å². The molecule has 4 rings (SSSR count). The summed E-state index contributed by atoms with van der Waals surface area (Å²) in [7, 11) is 0. The molecule has 0 spiro atoms. The second-order valence-electron chi connectivity index (χ2n) is 6.67. The molecule has 0 unspecified atom stereocenters. The molecule has 2 aromatic carbocycles. The molecule has 6 nitrogen and oxygen atoms in total. The minimum absolute atomic E-state index is 0.189. The molecule has 0 aliphatic carbocycles. The molecule has 2 aromatic heterocycles. The summed E-state index contributed by atoms with van der Waals surface area (Å²) in [6, 6.07) is 15.7. The maximum absolute atomic E-state index is 12.8. The normalized spacial score (nSPS) is 10.8. The number of hydrogen-bond donors (Lipinski definition) is 1. The minimum atomic E-state index is -0.575. The van der Waals surface area contributed by atoms with Gasteiger partial charge in [0, 0.05) is 33.4 Å². The number of benzene rings is 2. The molecule has 1 amide bonds. The smallest absolute Gasteiger partial charge is 0.280 e. The van der Waals surface area contributed by atoms with E-state index in [1.54, 1.807) is 53.3 Å². The third-order valence-corrected chi connectivity index (χ3v) is 5.45. The van der Waals surface area contributed by atoms with Crippen LogP contribution in [0.5, 0.6) is 0 Å². The first kappa shape index (κ1) is 20.0. The lowest BCUT2D eigenvalue weighted by molar-refractivity contribution is 0.101. The second kappa shape index (κ2) is 8.22. The Morgan fingerprint density at radius 3 is 2.57 bits per heavy atom. The highest BCUT2D eigenvalue weighted by molar-refractivity contribution is 7.09. The zero-order valence-corrected chi connectivity index (χ0v) is 17.8. The topological polar surface area (TPSA) is 76.9 Å². The van der Waals surface area contributed by atoms with Crippen molar-refractivity contribution < 1.29 is 4.79 Å². The SMILES string of the molecule is Cc1nc(-c2cccc(NC(=O)c3nn(-c4ccc(Cl)cc4)c(C)cc3=O)c2)cs1. The van der Waals surface area contributed by atoms with Gasteiger partial charge in [-0.05, 0) is 50.2 Å². The molecule has 4 aromatic rings. The molecule has 0 aliphatic rings. The lowest BCUT2D eigenvalue weighted by Crippen LogP contribution is -2.26. The highest BCUT2D eigenvalue weighted by atomic mass is 35.5. The molecule has 0 saturated carbocycles. The Hall–Kier alpha value is -3.29. The van der Waals surface area contributed by atoms with Crippen LogP contribution >= 0.6 is 22.9 Å². The lowest BCUT2D eigenvalue weighted by Gasteiger charge is -2.12. The number of rotatable bonds is 4. The van der Waals surface area contributed by atoms with Gasteiger partial charge in [0.1, 0.15) is 0 Å². The summed E-state index contributed by atoms with van der Waals surface area (Å²) in [6.45, 7) is 3.69. The fourth-order valence-electron chi connectivity index (χ4n) is 2.99. The summed E-state index contributed by atoms with van der Waals surface area (Å²) in [4.78, 5) is 29.7. The summed E-state index contributed by atoms with van der Waals surface area (Å²) < 4.78 is 1.54. The quantitative estimate of drug-likeness (QED) is 0.494. The fourth-order valence-corrected chi connectivity index (χ4v) is 3.74. The van der Waals surface area contributed by atoms with E-state index in [9.17, 15) is 9.59 Å². The third kappa shape index (κ3) is 4.17. The van der Waals surface area contributed by atoms with E-state index in [-0.39, 0.29) is 5.69 Å². The van der Waals surface area contributed by atoms with Crippen LogP contribution in [0.15, 0.2) is 64.8 Å². The number of thiazole rings is 1. The van der Waals surface area contributed by atoms with E-state index in [1.165, 1.54) is 6.07 Å². The van der Waals surface area contributed by atoms with Crippen LogP contribution in [-0.4, -0.2) is 20.7 Å². The molecule has 0 aliphatic heterocycles. The number of carbonyl (C=O) groups excluding carboxylic acids is 1. The van der Waals surface area contributed by atoms with Gasteiger partial charge in [0.15, 0.2) is 5.69 Å². The highest BCUT2D eigenvalue weighted by Crippen LogP contribution is 2.24. The van der Waals surface area contributed by atoms with E-state index >= 15 is 0 Å². The van der Waals surface area contributed by atoms with Crippen LogP contribution in [0.1, 0.15) is 21.2 Å². The van der Waals surface area contributed by atoms with Crippen molar-refractivity contribution in [3.63, 3.8) is 0 Å². The Kier molecular flexibility index (Phi) is 5.48. The van der Waals surface area contributed by atoms with Crippen LogP contribution in [0.25, 0.3) is 16.9 Å². The first-order valence-corrected chi connectivity index (χ1v) is 10.4. The zero-order chi connectivity index (χ0) is 21.3. The van der Waals surface area contributed by atoms with Gasteiger partial charge in [0.25, 0.3) is 5.91 Å². The van der Waals surface area contributed by atoms with E-state index in [4.69, 9.17) is 11.6 Å². The number of carbonyl (C=O) groups is 1. The molecule has 8 heteroatoms. The summed E-state index contributed by atoms with van der Waals surface area (Å²) in [5, 5.41) is 10.6. The van der Waals surface area contributed by atoms with Crippen molar-refractivity contribution in [2.24, 2.45) is 0 Å². The fraction of sp³-hybridized carbons (Fsp3) is 0.0909. The van der Waals surface area contributed by atoms with E-state index in [0.717, 1.165) is 16.3 Å². The summed E-state index contributed by atoms with van der Waals surface area (Å²) in [5.41, 5.74) is 2.96. The molecule has 0 fully saturated rings. The average molecular weight is 437 g/mol. The predicted octanol–water partition coefficient (Wildman–Crippen LogP) is 4.88. The van der Waals surface area contributed by atoms with Crippen LogP contribution in [0.3, 0.4) is 0 Å². The van der Waals surface area contributed by atoms with Gasteiger partial charge in [0.2, 0.25) is 5.43 Å². The number of aryl methyl sites for hydroxylation is 2. The van der Waals surface area contributed by atoms with E-state index < -0.39 is 11.3 Å². The Morgan fingerprint density at radius 1 is 1.10 bits per heavy atom. The molecule has 150 valence electrons. The maximum Gasteiger partial charge on any atom is 0.280 e. The van der Waals surface area contributed by atoms with Gasteiger partial charge in [-0.25, -0.2) is 9.67 Å². The van der Waals surface area contributed by atoms with Crippen molar-refractivity contribution in [3.05, 3.63) is 91.6 Å². The molecule has 1 N–H and O–H groups in total. The number of amides is 1. The van der Waals surface area contributed by atoms with Gasteiger partial charge in [-0.3, -0.25) is 9.59 Å². The van der Waals surface area contributed by atoms with Gasteiger partial charge in [0.05, 0.1) is 16.4 Å². The van der Waals surface area contributed by atoms with Crippen LogP contribution in [0, 0.1) is 13.8 Å². The summed E-state index contributed by atoms with van der Waals surface area (Å²) >= 11 is 7.51. The number of anilines is 1. The standard InChI is InChI=1S/C22H17ClN4O2S/c1-13-10-20(28)21(26-27(13)18-8-6-16(23)7-9-18)22(29)25-17-5-3-4-15(11-17)19-12-30-14(2)24-19/h3-12H,1-2H3,(H,25,29). The number of aromatic nitrogens is 3. The Bertz CT molecular complexity index is 1300. The van der Waals surface area contributed by atoms with E-state index in [0.29, 0.717) is 22.1 Å². The van der Waals surface area contributed by atoms with Gasteiger partial charge < -0.3 is 5.32 Å². The maximum atomic E-state index is 12.8. The van der Waals surface area contributed by atoms with Gasteiger partial charge >= 0.3 is 0 Å². The van der Waals surface area contributed by atoms with Crippen LogP contribution in [-0.2, 0) is 0 Å². The van der Waals surface area contributed by atoms with E-state index in [1.807, 2.05) is 30.5 Å². The number of nitrogens with zero attached hydrogens (tertiary/aromatic N) is 3. The lowest BCUT2D eigenvalue weighted by atomic mass is 10.1. The number of nitrogens with one attached hydrogen (secondary N) is 1. The highest BCUT2D eigenvalue weighted by Gasteiger charge is 2.16. The Labute approximate surface area is 181 Å². The molecule has 30 heavy (non-hydrogen) atoms. The van der Waals surface area contributed by atoms with Crippen molar-refractivity contribution in [1.29, 1.82) is 0 Å². The van der Waals surface area contributed by atoms with Gasteiger partial charge in [-0.2, -0.15) is 5.10 Å². The van der Waals surface area contributed by atoms with Crippen LogP contribution in [0.4, 0.5) is 5.69 Å². The second-order valence-corrected chi connectivity index (χ2v) is 8.17. The van der Waals surface area contributed by atoms with Gasteiger partial charge in [-0.1, -0.05) is 23.7 Å². The average Bonchev–Trinajstić information content (AvgIpc) is 3.15. The minimum Gasteiger partial charge on any atom is -0.320 e. The largest absolute Gasteiger partial charge is 0.320 e. The molecular weight excluding hydrogens is 420 g/mol. The first-order chi connectivity index (χ1) is 14.4. The van der Waals surface area contributed by atoms with Crippen molar-refractivity contribution in [2.75, 3.05) is 5.32 Å². The molecule has 0 bridgehead atoms. The van der Waals surface area contributed by atoms with Crippen LogP contribution in [0.2, 0.25) is 5.02 Å². The molecule has 0 saturated heterocycles. The Morgan fingerprint density at radius 2 is 1.87 bits per heavy atom. The summed E-state index contributed by atoms with van der Waals surface area (Å²) in [6.07, 6.45) is 0. The Balaban J connectivity index is 1.65. The van der Waals surface area contributed by atoms with Crippen molar-refractivity contribution in [2.45, 2.75) is 13.8 Å². The number of halogens is 1. The number of hydrogen-bond acceptors (Lipinski definition) is 5. The zero-order valence-electron chi connectivity index (χ0n) is 16.2. The molecule has 0 atom stereocenters.